The van der Waals surface area contributed by atoms with E-state index >= 15 is 0 Å². The molecule has 1 aromatic carbocycles. The summed E-state index contributed by atoms with van der Waals surface area (Å²) in [6, 6.07) is 3.60. The largest absolute Gasteiger partial charge is 0.490 e. The molecule has 0 spiro atoms. The third kappa shape index (κ3) is 7.87. The van der Waals surface area contributed by atoms with E-state index in [9.17, 15) is 8.42 Å². The Morgan fingerprint density at radius 3 is 2.48 bits per heavy atom. The Labute approximate surface area is 143 Å². The number of ether oxygens (including phenoxy) is 2. The summed E-state index contributed by atoms with van der Waals surface area (Å²) in [5.41, 5.74) is 0.866. The van der Waals surface area contributed by atoms with Crippen molar-refractivity contribution >= 4 is 21.6 Å². The van der Waals surface area contributed by atoms with Gasteiger partial charge in [0.05, 0.1) is 19.0 Å². The Bertz CT molecular complexity index is 606. The molecular formula is C15H25ClN2O4S. The smallest absolute Gasteiger partial charge is 0.208 e. The van der Waals surface area contributed by atoms with E-state index in [1.54, 1.807) is 6.07 Å². The predicted octanol–water partition coefficient (Wildman–Crippen LogP) is 2.16. The maximum Gasteiger partial charge on any atom is 0.208 e. The molecule has 8 heteroatoms. The first-order valence-corrected chi connectivity index (χ1v) is 9.77. The summed E-state index contributed by atoms with van der Waals surface area (Å²) in [5, 5.41) is 3.71. The van der Waals surface area contributed by atoms with Crippen LogP contribution in [0.4, 0.5) is 0 Å². The molecule has 0 atom stereocenters. The summed E-state index contributed by atoms with van der Waals surface area (Å²) in [6.45, 7) is 7.64. The van der Waals surface area contributed by atoms with Gasteiger partial charge in [0.25, 0.3) is 0 Å². The van der Waals surface area contributed by atoms with Crippen LogP contribution in [0.2, 0.25) is 5.02 Å². The zero-order valence-electron chi connectivity index (χ0n) is 14.0. The Balaban J connectivity index is 2.69. The molecule has 0 aromatic heterocycles. The van der Waals surface area contributed by atoms with Gasteiger partial charge in [0.15, 0.2) is 11.5 Å². The summed E-state index contributed by atoms with van der Waals surface area (Å²) >= 11 is 6.28. The van der Waals surface area contributed by atoms with Crippen molar-refractivity contribution in [3.63, 3.8) is 0 Å². The van der Waals surface area contributed by atoms with Crippen molar-refractivity contribution in [3.05, 3.63) is 22.7 Å². The first kappa shape index (κ1) is 20.0. The molecule has 1 rings (SSSR count). The van der Waals surface area contributed by atoms with Crippen molar-refractivity contribution in [1.29, 1.82) is 0 Å². The fraction of sp³-hybridized carbons (Fsp3) is 0.600. The summed E-state index contributed by atoms with van der Waals surface area (Å²) in [5.74, 6) is 1.27. The van der Waals surface area contributed by atoms with Gasteiger partial charge in [-0.2, -0.15) is 0 Å². The van der Waals surface area contributed by atoms with Gasteiger partial charge < -0.3 is 14.8 Å². The lowest BCUT2D eigenvalue weighted by molar-refractivity contribution is 0.223. The summed E-state index contributed by atoms with van der Waals surface area (Å²) < 4.78 is 35.7. The lowest BCUT2D eigenvalue weighted by Gasteiger charge is -2.17. The van der Waals surface area contributed by atoms with Gasteiger partial charge in [-0.05, 0) is 32.4 Å². The number of benzene rings is 1. The SMILES string of the molecule is CCOc1cc(CNCCNS(C)(=O)=O)c(Cl)cc1OC(C)C. The standard InChI is InChI=1S/C15H25ClN2O4S/c1-5-21-14-8-12(10-17-6-7-18-23(4,19)20)13(16)9-15(14)22-11(2)3/h8-9,11,17-18H,5-7,10H2,1-4H3. The predicted molar refractivity (Wildman–Crippen MR) is 92.9 cm³/mol. The molecule has 0 radical (unpaired) electrons. The first-order valence-electron chi connectivity index (χ1n) is 7.50. The third-order valence-electron chi connectivity index (χ3n) is 2.76. The van der Waals surface area contributed by atoms with Crippen LogP contribution in [0.25, 0.3) is 0 Å². The summed E-state index contributed by atoms with van der Waals surface area (Å²) in [7, 11) is -3.16. The molecule has 0 saturated heterocycles. The van der Waals surface area contributed by atoms with Crippen LogP contribution in [0, 0.1) is 0 Å². The lowest BCUT2D eigenvalue weighted by Crippen LogP contribution is -2.30. The van der Waals surface area contributed by atoms with Crippen LogP contribution < -0.4 is 19.5 Å². The molecule has 132 valence electrons. The fourth-order valence-electron chi connectivity index (χ4n) is 1.87. The highest BCUT2D eigenvalue weighted by Gasteiger charge is 2.12. The lowest BCUT2D eigenvalue weighted by atomic mass is 10.2. The average Bonchev–Trinajstić information content (AvgIpc) is 2.41. The van der Waals surface area contributed by atoms with Crippen LogP contribution in [0.1, 0.15) is 26.3 Å². The van der Waals surface area contributed by atoms with E-state index in [2.05, 4.69) is 10.0 Å². The number of hydrogen-bond donors (Lipinski definition) is 2. The number of halogens is 1. The number of rotatable bonds is 10. The molecular weight excluding hydrogens is 340 g/mol. The third-order valence-corrected chi connectivity index (χ3v) is 3.84. The number of sulfonamides is 1. The molecule has 23 heavy (non-hydrogen) atoms. The zero-order chi connectivity index (χ0) is 17.5. The van der Waals surface area contributed by atoms with Crippen molar-refractivity contribution in [2.75, 3.05) is 26.0 Å². The van der Waals surface area contributed by atoms with E-state index in [0.29, 0.717) is 42.8 Å². The maximum atomic E-state index is 11.0. The molecule has 0 aliphatic carbocycles. The van der Waals surface area contributed by atoms with Gasteiger partial charge in [-0.25, -0.2) is 13.1 Å². The maximum absolute atomic E-state index is 11.0. The molecule has 6 nitrogen and oxygen atoms in total. The van der Waals surface area contributed by atoms with E-state index in [-0.39, 0.29) is 6.10 Å². The quantitative estimate of drug-likeness (QED) is 0.622. The monoisotopic (exact) mass is 364 g/mol. The molecule has 0 bridgehead atoms. The van der Waals surface area contributed by atoms with Crippen LogP contribution in [-0.2, 0) is 16.6 Å². The molecule has 1 aromatic rings. The van der Waals surface area contributed by atoms with Crippen molar-refractivity contribution in [2.45, 2.75) is 33.4 Å². The second-order valence-corrected chi connectivity index (χ2v) is 7.57. The van der Waals surface area contributed by atoms with Crippen LogP contribution in [0.15, 0.2) is 12.1 Å². The highest BCUT2D eigenvalue weighted by Crippen LogP contribution is 2.34. The van der Waals surface area contributed by atoms with Crippen LogP contribution >= 0.6 is 11.6 Å². The van der Waals surface area contributed by atoms with E-state index in [4.69, 9.17) is 21.1 Å². The van der Waals surface area contributed by atoms with Crippen molar-refractivity contribution in [2.24, 2.45) is 0 Å². The van der Waals surface area contributed by atoms with Gasteiger partial charge in [-0.3, -0.25) is 0 Å². The first-order chi connectivity index (χ1) is 10.7. The average molecular weight is 365 g/mol. The van der Waals surface area contributed by atoms with Gasteiger partial charge in [0.2, 0.25) is 10.0 Å². The van der Waals surface area contributed by atoms with Gasteiger partial charge in [0.1, 0.15) is 0 Å². The van der Waals surface area contributed by atoms with Crippen LogP contribution in [0.3, 0.4) is 0 Å². The minimum absolute atomic E-state index is 0.0244. The topological polar surface area (TPSA) is 76.7 Å². The van der Waals surface area contributed by atoms with Gasteiger partial charge in [0, 0.05) is 30.7 Å². The molecule has 0 unspecified atom stereocenters. The number of hydrogen-bond acceptors (Lipinski definition) is 5. The van der Waals surface area contributed by atoms with Crippen molar-refractivity contribution in [1.82, 2.24) is 10.0 Å². The highest BCUT2D eigenvalue weighted by atomic mass is 35.5. The Morgan fingerprint density at radius 2 is 1.91 bits per heavy atom. The van der Waals surface area contributed by atoms with Gasteiger partial charge in [-0.1, -0.05) is 11.6 Å². The highest BCUT2D eigenvalue weighted by molar-refractivity contribution is 7.88. The second-order valence-electron chi connectivity index (χ2n) is 5.33. The van der Waals surface area contributed by atoms with Crippen LogP contribution in [0.5, 0.6) is 11.5 Å². The summed E-state index contributed by atoms with van der Waals surface area (Å²) in [6.07, 6.45) is 1.16. The second kappa shape index (κ2) is 9.32. The molecule has 0 aliphatic rings. The Kier molecular flexibility index (Phi) is 8.11. The minimum Gasteiger partial charge on any atom is -0.490 e. The fourth-order valence-corrected chi connectivity index (χ4v) is 2.57. The Hall–Kier alpha value is -1.02. The van der Waals surface area contributed by atoms with E-state index in [1.807, 2.05) is 26.8 Å². The minimum atomic E-state index is -3.16. The number of nitrogens with one attached hydrogen (secondary N) is 2. The van der Waals surface area contributed by atoms with Gasteiger partial charge in [-0.15, -0.1) is 0 Å². The van der Waals surface area contributed by atoms with E-state index < -0.39 is 10.0 Å². The molecule has 0 fully saturated rings. The van der Waals surface area contributed by atoms with Crippen molar-refractivity contribution < 1.29 is 17.9 Å². The molecule has 0 aliphatic heterocycles. The molecule has 2 N–H and O–H groups in total. The van der Waals surface area contributed by atoms with Gasteiger partial charge >= 0.3 is 0 Å². The molecule has 0 amide bonds. The van der Waals surface area contributed by atoms with Crippen molar-refractivity contribution in [3.8, 4) is 11.5 Å². The normalized spacial score (nSPS) is 11.7. The Morgan fingerprint density at radius 1 is 1.22 bits per heavy atom. The molecule has 0 heterocycles. The van der Waals surface area contributed by atoms with E-state index in [0.717, 1.165) is 11.8 Å². The molecule has 0 saturated carbocycles. The van der Waals surface area contributed by atoms with Crippen LogP contribution in [-0.4, -0.2) is 40.5 Å². The summed E-state index contributed by atoms with van der Waals surface area (Å²) in [4.78, 5) is 0. The zero-order valence-corrected chi connectivity index (χ0v) is 15.6. The van der Waals surface area contributed by atoms with E-state index in [1.165, 1.54) is 0 Å².